The first-order valence-corrected chi connectivity index (χ1v) is 8.91. The van der Waals surface area contributed by atoms with Crippen molar-refractivity contribution in [3.8, 4) is 0 Å². The molecule has 1 unspecified atom stereocenters. The van der Waals surface area contributed by atoms with E-state index in [4.69, 9.17) is 4.74 Å². The van der Waals surface area contributed by atoms with Crippen LogP contribution in [0, 0.1) is 5.92 Å². The van der Waals surface area contributed by atoms with Crippen LogP contribution in [0.3, 0.4) is 0 Å². The van der Waals surface area contributed by atoms with Crippen molar-refractivity contribution in [3.05, 3.63) is 24.3 Å². The lowest BCUT2D eigenvalue weighted by atomic mass is 9.98. The molecule has 0 bridgehead atoms. The zero-order valence-corrected chi connectivity index (χ0v) is 13.2. The van der Waals surface area contributed by atoms with Crippen molar-refractivity contribution in [2.45, 2.75) is 24.2 Å². The van der Waals surface area contributed by atoms with Gasteiger partial charge in [-0.25, -0.2) is 8.42 Å². The van der Waals surface area contributed by atoms with E-state index >= 15 is 0 Å². The van der Waals surface area contributed by atoms with Gasteiger partial charge in [0.1, 0.15) is 0 Å². The number of nitrogens with zero attached hydrogens (tertiary/aromatic N) is 1. The number of rotatable bonds is 4. The molecule has 1 fully saturated rings. The van der Waals surface area contributed by atoms with Gasteiger partial charge in [-0.15, -0.1) is 0 Å². The summed E-state index contributed by atoms with van der Waals surface area (Å²) < 4.78 is 28.5. The fourth-order valence-corrected chi connectivity index (χ4v) is 3.08. The van der Waals surface area contributed by atoms with Gasteiger partial charge in [0.2, 0.25) is 5.91 Å². The molecule has 5 nitrogen and oxygen atoms in total. The van der Waals surface area contributed by atoms with Gasteiger partial charge < -0.3 is 9.64 Å². The number of carbonyl (C=O) groups excluding carboxylic acids is 1. The zero-order chi connectivity index (χ0) is 15.5. The molecular formula is C15H21NO4S. The molecule has 1 saturated heterocycles. The van der Waals surface area contributed by atoms with Crippen LogP contribution in [0.2, 0.25) is 0 Å². The standard InChI is InChI=1S/C15H21NO4S/c1-16(15(17)9-12-5-4-8-20-11-12)13-6-3-7-14(10-13)21(2,18)19/h3,6-7,10,12H,4-5,8-9,11H2,1-2H3. The first-order chi connectivity index (χ1) is 9.88. The first kappa shape index (κ1) is 16.0. The number of anilines is 1. The SMILES string of the molecule is CN(C(=O)CC1CCCOC1)c1cccc(S(C)(=O)=O)c1. The van der Waals surface area contributed by atoms with Crippen LogP contribution in [-0.4, -0.2) is 40.8 Å². The van der Waals surface area contributed by atoms with E-state index < -0.39 is 9.84 Å². The van der Waals surface area contributed by atoms with Gasteiger partial charge >= 0.3 is 0 Å². The first-order valence-electron chi connectivity index (χ1n) is 7.02. The molecule has 1 heterocycles. The predicted octanol–water partition coefficient (Wildman–Crippen LogP) is 1.87. The lowest BCUT2D eigenvalue weighted by Crippen LogP contribution is -2.30. The Morgan fingerprint density at radius 2 is 2.19 bits per heavy atom. The number of sulfone groups is 1. The molecule has 1 aromatic carbocycles. The largest absolute Gasteiger partial charge is 0.381 e. The normalized spacial score (nSPS) is 19.2. The average molecular weight is 311 g/mol. The van der Waals surface area contributed by atoms with E-state index in [1.165, 1.54) is 17.0 Å². The molecule has 6 heteroatoms. The Bertz CT molecular complexity index is 606. The Balaban J connectivity index is 2.08. The molecule has 1 aromatic rings. The Hall–Kier alpha value is -1.40. The molecule has 0 spiro atoms. The van der Waals surface area contributed by atoms with E-state index in [0.29, 0.717) is 18.7 Å². The molecule has 0 N–H and O–H groups in total. The Labute approximate surface area is 125 Å². The van der Waals surface area contributed by atoms with Crippen LogP contribution in [0.5, 0.6) is 0 Å². The minimum atomic E-state index is -3.27. The Kier molecular flexibility index (Phi) is 5.00. The minimum absolute atomic E-state index is 0.0175. The van der Waals surface area contributed by atoms with Gasteiger partial charge in [0.15, 0.2) is 9.84 Å². The second kappa shape index (κ2) is 6.58. The molecule has 0 radical (unpaired) electrons. The van der Waals surface area contributed by atoms with Gasteiger partial charge in [-0.2, -0.15) is 0 Å². The summed E-state index contributed by atoms with van der Waals surface area (Å²) in [5.41, 5.74) is 0.597. The van der Waals surface area contributed by atoms with E-state index in [1.54, 1.807) is 19.2 Å². The van der Waals surface area contributed by atoms with Gasteiger partial charge in [0, 0.05) is 38.6 Å². The number of carbonyl (C=O) groups is 1. The van der Waals surface area contributed by atoms with Crippen molar-refractivity contribution in [1.82, 2.24) is 0 Å². The molecule has 0 aromatic heterocycles. The monoisotopic (exact) mass is 311 g/mol. The second-order valence-electron chi connectivity index (χ2n) is 5.51. The molecular weight excluding hydrogens is 290 g/mol. The van der Waals surface area contributed by atoms with Crippen molar-refractivity contribution >= 4 is 21.4 Å². The van der Waals surface area contributed by atoms with Crippen LogP contribution in [0.15, 0.2) is 29.2 Å². The van der Waals surface area contributed by atoms with E-state index in [1.807, 2.05) is 0 Å². The van der Waals surface area contributed by atoms with Gasteiger partial charge in [0.05, 0.1) is 4.90 Å². The molecule has 1 aliphatic heterocycles. The zero-order valence-electron chi connectivity index (χ0n) is 12.4. The molecule has 116 valence electrons. The fourth-order valence-electron chi connectivity index (χ4n) is 2.42. The highest BCUT2D eigenvalue weighted by atomic mass is 32.2. The van der Waals surface area contributed by atoms with Crippen LogP contribution in [0.4, 0.5) is 5.69 Å². The highest BCUT2D eigenvalue weighted by molar-refractivity contribution is 7.90. The molecule has 1 atom stereocenters. The lowest BCUT2D eigenvalue weighted by Gasteiger charge is -2.24. The number of amides is 1. The van der Waals surface area contributed by atoms with Gasteiger partial charge in [0.25, 0.3) is 0 Å². The maximum absolute atomic E-state index is 12.3. The summed E-state index contributed by atoms with van der Waals surface area (Å²) in [4.78, 5) is 14.0. The number of hydrogen-bond donors (Lipinski definition) is 0. The van der Waals surface area contributed by atoms with E-state index in [-0.39, 0.29) is 16.7 Å². The topological polar surface area (TPSA) is 63.7 Å². The van der Waals surface area contributed by atoms with Gasteiger partial charge in [-0.1, -0.05) is 6.07 Å². The molecule has 2 rings (SSSR count). The number of ether oxygens (including phenoxy) is 1. The average Bonchev–Trinajstić information content (AvgIpc) is 2.46. The van der Waals surface area contributed by atoms with Crippen molar-refractivity contribution in [2.24, 2.45) is 5.92 Å². The van der Waals surface area contributed by atoms with Gasteiger partial charge in [-0.05, 0) is 37.0 Å². The smallest absolute Gasteiger partial charge is 0.227 e. The molecule has 0 aliphatic carbocycles. The Morgan fingerprint density at radius 3 is 2.81 bits per heavy atom. The molecule has 0 saturated carbocycles. The molecule has 1 aliphatic rings. The third-order valence-electron chi connectivity index (χ3n) is 3.73. The van der Waals surface area contributed by atoms with Gasteiger partial charge in [-0.3, -0.25) is 4.79 Å². The highest BCUT2D eigenvalue weighted by Crippen LogP contribution is 2.22. The van der Waals surface area contributed by atoms with Crippen molar-refractivity contribution < 1.29 is 17.9 Å². The van der Waals surface area contributed by atoms with Crippen LogP contribution >= 0.6 is 0 Å². The lowest BCUT2D eigenvalue weighted by molar-refractivity contribution is -0.120. The number of hydrogen-bond acceptors (Lipinski definition) is 4. The third-order valence-corrected chi connectivity index (χ3v) is 4.84. The highest BCUT2D eigenvalue weighted by Gasteiger charge is 2.21. The summed E-state index contributed by atoms with van der Waals surface area (Å²) in [5, 5.41) is 0. The third kappa shape index (κ3) is 4.28. The number of benzene rings is 1. The van der Waals surface area contributed by atoms with E-state index in [2.05, 4.69) is 0 Å². The Morgan fingerprint density at radius 1 is 1.43 bits per heavy atom. The summed E-state index contributed by atoms with van der Waals surface area (Å²) in [6.07, 6.45) is 3.58. The quantitative estimate of drug-likeness (QED) is 0.851. The second-order valence-corrected chi connectivity index (χ2v) is 7.53. The van der Waals surface area contributed by atoms with Crippen molar-refractivity contribution in [2.75, 3.05) is 31.4 Å². The van der Waals surface area contributed by atoms with E-state index in [9.17, 15) is 13.2 Å². The van der Waals surface area contributed by atoms with Crippen molar-refractivity contribution in [1.29, 1.82) is 0 Å². The molecule has 1 amide bonds. The van der Waals surface area contributed by atoms with Crippen LogP contribution in [0.1, 0.15) is 19.3 Å². The predicted molar refractivity (Wildman–Crippen MR) is 81.1 cm³/mol. The van der Waals surface area contributed by atoms with E-state index in [0.717, 1.165) is 25.7 Å². The summed E-state index contributed by atoms with van der Waals surface area (Å²) >= 11 is 0. The van der Waals surface area contributed by atoms with Crippen LogP contribution < -0.4 is 4.90 Å². The van der Waals surface area contributed by atoms with Crippen LogP contribution in [0.25, 0.3) is 0 Å². The fraction of sp³-hybridized carbons (Fsp3) is 0.533. The maximum atomic E-state index is 12.3. The summed E-state index contributed by atoms with van der Waals surface area (Å²) in [5.74, 6) is 0.239. The summed E-state index contributed by atoms with van der Waals surface area (Å²) in [7, 11) is -1.60. The van der Waals surface area contributed by atoms with Crippen molar-refractivity contribution in [3.63, 3.8) is 0 Å². The minimum Gasteiger partial charge on any atom is -0.381 e. The maximum Gasteiger partial charge on any atom is 0.227 e. The summed E-state index contributed by atoms with van der Waals surface area (Å²) in [6.45, 7) is 1.40. The van der Waals surface area contributed by atoms with Crippen LogP contribution in [-0.2, 0) is 19.4 Å². The molecule has 21 heavy (non-hydrogen) atoms. The summed E-state index contributed by atoms with van der Waals surface area (Å²) in [6, 6.07) is 6.46.